The number of benzene rings is 1. The van der Waals surface area contributed by atoms with Crippen LogP contribution in [0, 0.1) is 11.3 Å². The molecule has 0 aliphatic rings. The van der Waals surface area contributed by atoms with Gasteiger partial charge in [-0.3, -0.25) is 4.68 Å². The quantitative estimate of drug-likeness (QED) is 0.927. The highest BCUT2D eigenvalue weighted by Crippen LogP contribution is 2.31. The molecule has 5 heteroatoms. The zero-order valence-electron chi connectivity index (χ0n) is 11.7. The first-order chi connectivity index (χ1) is 9.58. The Morgan fingerprint density at radius 1 is 1.30 bits per heavy atom. The minimum atomic E-state index is -0.845. The molecule has 1 unspecified atom stereocenters. The van der Waals surface area contributed by atoms with Gasteiger partial charge in [-0.1, -0.05) is 12.1 Å². The average molecular weight is 271 g/mol. The smallest absolute Gasteiger partial charge is 0.163 e. The van der Waals surface area contributed by atoms with Crippen LogP contribution in [0.5, 0.6) is 5.75 Å². The maximum absolute atomic E-state index is 10.6. The number of aliphatic hydroxyl groups excluding tert-OH is 1. The summed E-state index contributed by atoms with van der Waals surface area (Å²) in [5.41, 5.74) is 1.88. The van der Waals surface area contributed by atoms with Crippen molar-refractivity contribution in [2.75, 3.05) is 7.11 Å². The first kappa shape index (κ1) is 14.1. The van der Waals surface area contributed by atoms with Crippen molar-refractivity contribution < 1.29 is 9.84 Å². The zero-order chi connectivity index (χ0) is 14.7. The Hall–Kier alpha value is -2.32. The van der Waals surface area contributed by atoms with Crippen LogP contribution in [0.15, 0.2) is 30.5 Å². The third kappa shape index (κ3) is 2.51. The van der Waals surface area contributed by atoms with Gasteiger partial charge in [-0.05, 0) is 31.5 Å². The molecule has 1 aromatic heterocycles. The first-order valence-corrected chi connectivity index (χ1v) is 6.38. The summed E-state index contributed by atoms with van der Waals surface area (Å²) >= 11 is 0. The molecule has 0 radical (unpaired) electrons. The number of nitrogens with zero attached hydrogens (tertiary/aromatic N) is 3. The van der Waals surface area contributed by atoms with E-state index in [0.29, 0.717) is 22.6 Å². The Morgan fingerprint density at radius 3 is 2.45 bits per heavy atom. The molecule has 0 aliphatic heterocycles. The van der Waals surface area contributed by atoms with Gasteiger partial charge >= 0.3 is 0 Å². The highest BCUT2D eigenvalue weighted by atomic mass is 16.5. The molecule has 1 atom stereocenters. The van der Waals surface area contributed by atoms with Crippen LogP contribution in [0.2, 0.25) is 0 Å². The number of rotatable bonds is 4. The van der Waals surface area contributed by atoms with Crippen LogP contribution < -0.4 is 4.74 Å². The molecule has 2 aromatic rings. The van der Waals surface area contributed by atoms with Gasteiger partial charge in [0.1, 0.15) is 11.8 Å². The predicted octanol–water partition coefficient (Wildman–Crippen LogP) is 2.43. The zero-order valence-corrected chi connectivity index (χ0v) is 11.7. The minimum absolute atomic E-state index is 0.113. The van der Waals surface area contributed by atoms with Crippen LogP contribution >= 0.6 is 0 Å². The maximum atomic E-state index is 10.6. The topological polar surface area (TPSA) is 71.1 Å². The molecule has 20 heavy (non-hydrogen) atoms. The summed E-state index contributed by atoms with van der Waals surface area (Å²) in [4.78, 5) is 0. The van der Waals surface area contributed by atoms with Crippen LogP contribution in [0.4, 0.5) is 0 Å². The highest BCUT2D eigenvalue weighted by Gasteiger charge is 2.22. The molecule has 0 saturated carbocycles. The first-order valence-electron chi connectivity index (χ1n) is 6.38. The lowest BCUT2D eigenvalue weighted by Crippen LogP contribution is -2.13. The standard InChI is InChI=1S/C15H17N3O2/c1-10(2)18-14(13(20-3)9-17-18)15(19)12-6-4-11(8-16)5-7-12/h4-7,9-10,15,19H,1-3H3. The van der Waals surface area contributed by atoms with Gasteiger partial charge in [-0.25, -0.2) is 0 Å². The Bertz CT molecular complexity index is 624. The van der Waals surface area contributed by atoms with Crippen LogP contribution in [0.1, 0.15) is 42.8 Å². The van der Waals surface area contributed by atoms with E-state index in [1.807, 2.05) is 13.8 Å². The second-order valence-electron chi connectivity index (χ2n) is 4.77. The maximum Gasteiger partial charge on any atom is 0.163 e. The van der Waals surface area contributed by atoms with Crippen LogP contribution in [0.3, 0.4) is 0 Å². The lowest BCUT2D eigenvalue weighted by atomic mass is 10.0. The molecule has 104 valence electrons. The van der Waals surface area contributed by atoms with E-state index in [-0.39, 0.29) is 6.04 Å². The second kappa shape index (κ2) is 5.76. The number of aromatic nitrogens is 2. The summed E-state index contributed by atoms with van der Waals surface area (Å²) in [7, 11) is 1.55. The molecular formula is C15H17N3O2. The molecule has 1 aromatic carbocycles. The minimum Gasteiger partial charge on any atom is -0.493 e. The second-order valence-corrected chi connectivity index (χ2v) is 4.77. The molecule has 5 nitrogen and oxygen atoms in total. The summed E-state index contributed by atoms with van der Waals surface area (Å²) < 4.78 is 7.01. The number of aliphatic hydroxyl groups is 1. The predicted molar refractivity (Wildman–Crippen MR) is 74.4 cm³/mol. The summed E-state index contributed by atoms with van der Waals surface area (Å²) in [6.07, 6.45) is 0.755. The molecule has 0 amide bonds. The summed E-state index contributed by atoms with van der Waals surface area (Å²) in [6.45, 7) is 3.98. The third-order valence-electron chi connectivity index (χ3n) is 3.12. The van der Waals surface area contributed by atoms with Crippen molar-refractivity contribution in [3.8, 4) is 11.8 Å². The fourth-order valence-corrected chi connectivity index (χ4v) is 2.08. The molecule has 0 spiro atoms. The Labute approximate surface area is 118 Å². The van der Waals surface area contributed by atoms with Gasteiger partial charge in [0, 0.05) is 6.04 Å². The van der Waals surface area contributed by atoms with Crippen molar-refractivity contribution in [2.24, 2.45) is 0 Å². The number of hydrogen-bond acceptors (Lipinski definition) is 4. The van der Waals surface area contributed by atoms with Gasteiger partial charge in [-0.15, -0.1) is 0 Å². The highest BCUT2D eigenvalue weighted by molar-refractivity contribution is 5.38. The van der Waals surface area contributed by atoms with Gasteiger partial charge in [0.15, 0.2) is 5.75 Å². The molecule has 1 N–H and O–H groups in total. The van der Waals surface area contributed by atoms with Crippen LogP contribution in [-0.2, 0) is 0 Å². The third-order valence-corrected chi connectivity index (χ3v) is 3.12. The van der Waals surface area contributed by atoms with Gasteiger partial charge in [-0.2, -0.15) is 10.4 Å². The van der Waals surface area contributed by atoms with E-state index in [0.717, 1.165) is 0 Å². The van der Waals surface area contributed by atoms with E-state index in [2.05, 4.69) is 11.2 Å². The lowest BCUT2D eigenvalue weighted by Gasteiger charge is -2.17. The van der Waals surface area contributed by atoms with Crippen LogP contribution in [0.25, 0.3) is 0 Å². The van der Waals surface area contributed by atoms with E-state index < -0.39 is 6.10 Å². The lowest BCUT2D eigenvalue weighted by molar-refractivity contribution is 0.199. The van der Waals surface area contributed by atoms with Gasteiger partial charge in [0.2, 0.25) is 0 Å². The largest absolute Gasteiger partial charge is 0.493 e. The van der Waals surface area contributed by atoms with Gasteiger partial charge in [0.25, 0.3) is 0 Å². The number of nitriles is 1. The molecule has 1 heterocycles. The number of ether oxygens (including phenoxy) is 1. The molecule has 2 rings (SSSR count). The fourth-order valence-electron chi connectivity index (χ4n) is 2.08. The monoisotopic (exact) mass is 271 g/mol. The SMILES string of the molecule is COc1cnn(C(C)C)c1C(O)c1ccc(C#N)cc1. The van der Waals surface area contributed by atoms with Crippen molar-refractivity contribution in [3.05, 3.63) is 47.3 Å². The Balaban J connectivity index is 2.43. The van der Waals surface area contributed by atoms with E-state index >= 15 is 0 Å². The molecular weight excluding hydrogens is 254 g/mol. The Morgan fingerprint density at radius 2 is 1.95 bits per heavy atom. The van der Waals surface area contributed by atoms with E-state index in [1.54, 1.807) is 42.3 Å². The van der Waals surface area contributed by atoms with Gasteiger partial charge in [0.05, 0.1) is 24.9 Å². The number of hydrogen-bond donors (Lipinski definition) is 1. The summed E-state index contributed by atoms with van der Waals surface area (Å²) in [5.74, 6) is 0.551. The van der Waals surface area contributed by atoms with Crippen molar-refractivity contribution in [2.45, 2.75) is 26.0 Å². The molecule has 0 bridgehead atoms. The molecule has 0 aliphatic carbocycles. The van der Waals surface area contributed by atoms with E-state index in [4.69, 9.17) is 10.00 Å². The molecule has 0 fully saturated rings. The van der Waals surface area contributed by atoms with Crippen LogP contribution in [-0.4, -0.2) is 22.0 Å². The summed E-state index contributed by atoms with van der Waals surface area (Å²) in [5, 5.41) is 23.6. The van der Waals surface area contributed by atoms with Crippen molar-refractivity contribution >= 4 is 0 Å². The van der Waals surface area contributed by atoms with E-state index in [1.165, 1.54) is 0 Å². The van der Waals surface area contributed by atoms with E-state index in [9.17, 15) is 5.11 Å². The van der Waals surface area contributed by atoms with Crippen molar-refractivity contribution in [3.63, 3.8) is 0 Å². The normalized spacial score (nSPS) is 12.2. The van der Waals surface area contributed by atoms with Gasteiger partial charge < -0.3 is 9.84 Å². The average Bonchev–Trinajstić information content (AvgIpc) is 2.90. The molecule has 0 saturated heterocycles. The fraction of sp³-hybridized carbons (Fsp3) is 0.333. The van der Waals surface area contributed by atoms with Crippen molar-refractivity contribution in [1.29, 1.82) is 5.26 Å². The number of methoxy groups -OCH3 is 1. The van der Waals surface area contributed by atoms with Crippen molar-refractivity contribution in [1.82, 2.24) is 9.78 Å². The summed E-state index contributed by atoms with van der Waals surface area (Å²) in [6, 6.07) is 9.01. The Kier molecular flexibility index (Phi) is 4.06.